The van der Waals surface area contributed by atoms with E-state index in [4.69, 9.17) is 0 Å². The van der Waals surface area contributed by atoms with E-state index in [2.05, 4.69) is 41.4 Å². The van der Waals surface area contributed by atoms with E-state index >= 15 is 0 Å². The fourth-order valence-corrected chi connectivity index (χ4v) is 3.41. The summed E-state index contributed by atoms with van der Waals surface area (Å²) in [6, 6.07) is 8.59. The molecule has 118 valence electrons. The quantitative estimate of drug-likeness (QED) is 0.847. The van der Waals surface area contributed by atoms with Crippen LogP contribution in [0.5, 0.6) is 0 Å². The maximum absolute atomic E-state index is 11.5. The predicted octanol–water partition coefficient (Wildman–Crippen LogP) is 0.873. The van der Waals surface area contributed by atoms with Gasteiger partial charge >= 0.3 is 0 Å². The molecule has 1 fully saturated rings. The van der Waals surface area contributed by atoms with Crippen LogP contribution in [0.15, 0.2) is 24.3 Å². The maximum Gasteiger partial charge on any atom is 0.211 e. The minimum Gasteiger partial charge on any atom is -0.313 e. The summed E-state index contributed by atoms with van der Waals surface area (Å²) in [4.78, 5) is 2.31. The highest BCUT2D eigenvalue weighted by molar-refractivity contribution is 7.88. The van der Waals surface area contributed by atoms with Crippen LogP contribution in [0.2, 0.25) is 0 Å². The molecular weight excluding hydrogens is 286 g/mol. The molecule has 0 aromatic heterocycles. The summed E-state index contributed by atoms with van der Waals surface area (Å²) >= 11 is 0. The Hall–Kier alpha value is -0.950. The van der Waals surface area contributed by atoms with E-state index in [9.17, 15) is 8.42 Å². The molecular formula is C15H25N3O2S. The molecule has 1 aromatic rings. The smallest absolute Gasteiger partial charge is 0.211 e. The first-order chi connectivity index (χ1) is 9.99. The van der Waals surface area contributed by atoms with E-state index < -0.39 is 10.0 Å². The standard InChI is InChI=1S/C15H25N3O2S/c1-3-16-12-14-5-4-6-15(11-14)13-17-7-9-18(10-8-17)21(2,19)20/h4-6,11,16H,3,7-10,12-13H2,1-2H3. The molecule has 0 aliphatic carbocycles. The average molecular weight is 311 g/mol. The number of nitrogens with one attached hydrogen (secondary N) is 1. The van der Waals surface area contributed by atoms with Crippen LogP contribution in [0.4, 0.5) is 0 Å². The zero-order valence-corrected chi connectivity index (χ0v) is 13.7. The van der Waals surface area contributed by atoms with Gasteiger partial charge in [-0.2, -0.15) is 4.31 Å². The molecule has 1 aromatic carbocycles. The fraction of sp³-hybridized carbons (Fsp3) is 0.600. The normalized spacial score (nSPS) is 18.0. The highest BCUT2D eigenvalue weighted by Crippen LogP contribution is 2.12. The van der Waals surface area contributed by atoms with Crippen LogP contribution in [0.25, 0.3) is 0 Å². The van der Waals surface area contributed by atoms with Crippen LogP contribution >= 0.6 is 0 Å². The van der Waals surface area contributed by atoms with E-state index in [-0.39, 0.29) is 0 Å². The Bertz CT molecular complexity index is 552. The lowest BCUT2D eigenvalue weighted by Crippen LogP contribution is -2.47. The average Bonchev–Trinajstić information content (AvgIpc) is 2.45. The third-order valence-corrected chi connectivity index (χ3v) is 5.08. The summed E-state index contributed by atoms with van der Waals surface area (Å²) in [5, 5.41) is 3.33. The predicted molar refractivity (Wildman–Crippen MR) is 85.5 cm³/mol. The third-order valence-electron chi connectivity index (χ3n) is 3.78. The summed E-state index contributed by atoms with van der Waals surface area (Å²) in [5.41, 5.74) is 2.59. The first-order valence-electron chi connectivity index (χ1n) is 7.45. The van der Waals surface area contributed by atoms with Gasteiger partial charge in [-0.15, -0.1) is 0 Å². The number of rotatable bonds is 6. The second-order valence-electron chi connectivity index (χ2n) is 5.54. The SMILES string of the molecule is CCNCc1cccc(CN2CCN(S(C)(=O)=O)CC2)c1. The Morgan fingerprint density at radius 2 is 1.81 bits per heavy atom. The molecule has 0 saturated carbocycles. The van der Waals surface area contributed by atoms with Crippen molar-refractivity contribution < 1.29 is 8.42 Å². The van der Waals surface area contributed by atoms with Gasteiger partial charge in [0.05, 0.1) is 6.26 Å². The largest absolute Gasteiger partial charge is 0.313 e. The Labute approximate surface area is 128 Å². The molecule has 0 bridgehead atoms. The molecule has 21 heavy (non-hydrogen) atoms. The van der Waals surface area contributed by atoms with Gasteiger partial charge in [0, 0.05) is 39.3 Å². The molecule has 1 N–H and O–H groups in total. The van der Waals surface area contributed by atoms with Crippen LogP contribution < -0.4 is 5.32 Å². The topological polar surface area (TPSA) is 52.6 Å². The van der Waals surface area contributed by atoms with Gasteiger partial charge in [-0.1, -0.05) is 31.2 Å². The lowest BCUT2D eigenvalue weighted by Gasteiger charge is -2.33. The van der Waals surface area contributed by atoms with E-state index in [0.29, 0.717) is 13.1 Å². The first kappa shape index (κ1) is 16.4. The van der Waals surface area contributed by atoms with Gasteiger partial charge in [0.25, 0.3) is 0 Å². The van der Waals surface area contributed by atoms with Gasteiger partial charge in [-0.05, 0) is 17.7 Å². The van der Waals surface area contributed by atoms with E-state index in [0.717, 1.165) is 32.7 Å². The molecule has 5 nitrogen and oxygen atoms in total. The number of hydrogen-bond acceptors (Lipinski definition) is 4. The van der Waals surface area contributed by atoms with Crippen molar-refractivity contribution in [2.24, 2.45) is 0 Å². The van der Waals surface area contributed by atoms with E-state index in [1.54, 1.807) is 4.31 Å². The second-order valence-corrected chi connectivity index (χ2v) is 7.52. The number of sulfonamides is 1. The lowest BCUT2D eigenvalue weighted by atomic mass is 10.1. The van der Waals surface area contributed by atoms with Gasteiger partial charge in [-0.3, -0.25) is 4.90 Å². The number of benzene rings is 1. The highest BCUT2D eigenvalue weighted by Gasteiger charge is 2.23. The molecule has 2 rings (SSSR count). The molecule has 1 aliphatic rings. The van der Waals surface area contributed by atoms with Crippen molar-refractivity contribution in [2.75, 3.05) is 39.0 Å². The molecule has 0 amide bonds. The van der Waals surface area contributed by atoms with Crippen molar-refractivity contribution in [1.82, 2.24) is 14.5 Å². The zero-order chi connectivity index (χ0) is 15.3. The van der Waals surface area contributed by atoms with Crippen molar-refractivity contribution in [3.8, 4) is 0 Å². The van der Waals surface area contributed by atoms with Crippen LogP contribution in [-0.2, 0) is 23.1 Å². The minimum absolute atomic E-state index is 0.593. The zero-order valence-electron chi connectivity index (χ0n) is 12.9. The van der Waals surface area contributed by atoms with Gasteiger partial charge in [0.15, 0.2) is 0 Å². The molecule has 0 unspecified atom stereocenters. The lowest BCUT2D eigenvalue weighted by molar-refractivity contribution is 0.182. The van der Waals surface area contributed by atoms with Gasteiger partial charge in [0.2, 0.25) is 10.0 Å². The van der Waals surface area contributed by atoms with Gasteiger partial charge in [-0.25, -0.2) is 8.42 Å². The Balaban J connectivity index is 1.88. The van der Waals surface area contributed by atoms with Crippen molar-refractivity contribution in [2.45, 2.75) is 20.0 Å². The molecule has 6 heteroatoms. The third kappa shape index (κ3) is 5.07. The van der Waals surface area contributed by atoms with Crippen molar-refractivity contribution in [3.63, 3.8) is 0 Å². The monoisotopic (exact) mass is 311 g/mol. The van der Waals surface area contributed by atoms with E-state index in [1.165, 1.54) is 17.4 Å². The summed E-state index contributed by atoms with van der Waals surface area (Å²) in [6.07, 6.45) is 1.28. The fourth-order valence-electron chi connectivity index (χ4n) is 2.58. The van der Waals surface area contributed by atoms with Crippen molar-refractivity contribution >= 4 is 10.0 Å². The molecule has 1 heterocycles. The summed E-state index contributed by atoms with van der Waals surface area (Å²) in [6.45, 7) is 7.63. The second kappa shape index (κ2) is 7.35. The van der Waals surface area contributed by atoms with Gasteiger partial charge < -0.3 is 5.32 Å². The summed E-state index contributed by atoms with van der Waals surface area (Å²) < 4.78 is 24.6. The van der Waals surface area contributed by atoms with Crippen LogP contribution in [0, 0.1) is 0 Å². The number of hydrogen-bond donors (Lipinski definition) is 1. The van der Waals surface area contributed by atoms with Crippen molar-refractivity contribution in [1.29, 1.82) is 0 Å². The Morgan fingerprint density at radius 1 is 1.14 bits per heavy atom. The van der Waals surface area contributed by atoms with Crippen molar-refractivity contribution in [3.05, 3.63) is 35.4 Å². The maximum atomic E-state index is 11.5. The molecule has 0 spiro atoms. The van der Waals surface area contributed by atoms with E-state index in [1.807, 2.05) is 0 Å². The van der Waals surface area contributed by atoms with Crippen LogP contribution in [-0.4, -0.2) is 56.6 Å². The van der Waals surface area contributed by atoms with Crippen LogP contribution in [0.3, 0.4) is 0 Å². The first-order valence-corrected chi connectivity index (χ1v) is 9.30. The summed E-state index contributed by atoms with van der Waals surface area (Å²) in [7, 11) is -3.04. The summed E-state index contributed by atoms with van der Waals surface area (Å²) in [5.74, 6) is 0. The molecule has 0 atom stereocenters. The Morgan fingerprint density at radius 3 is 2.43 bits per heavy atom. The highest BCUT2D eigenvalue weighted by atomic mass is 32.2. The van der Waals surface area contributed by atoms with Crippen LogP contribution in [0.1, 0.15) is 18.1 Å². The van der Waals surface area contributed by atoms with Gasteiger partial charge in [0.1, 0.15) is 0 Å². The Kier molecular flexibility index (Phi) is 5.75. The number of piperazine rings is 1. The minimum atomic E-state index is -3.04. The molecule has 0 radical (unpaired) electrons. The number of nitrogens with zero attached hydrogens (tertiary/aromatic N) is 2. The molecule has 1 saturated heterocycles. The molecule has 1 aliphatic heterocycles.